The van der Waals surface area contributed by atoms with Gasteiger partial charge in [0.2, 0.25) is 28.7 Å². The summed E-state index contributed by atoms with van der Waals surface area (Å²) in [5.41, 5.74) is 0. The number of amides is 1. The van der Waals surface area contributed by atoms with Crippen LogP contribution in [0.4, 0.5) is 11.1 Å². The van der Waals surface area contributed by atoms with E-state index in [1.54, 1.807) is 7.05 Å². The zero-order chi connectivity index (χ0) is 15.9. The molecule has 2 N–H and O–H groups in total. The Hall–Kier alpha value is -2.14. The maximum atomic E-state index is 11.9. The Bertz CT molecular complexity index is 628. The van der Waals surface area contributed by atoms with Crippen LogP contribution in [-0.2, 0) is 4.79 Å². The number of nitrogens with one attached hydrogen (secondary N) is 2. The van der Waals surface area contributed by atoms with Crippen LogP contribution in [-0.4, -0.2) is 53.1 Å². The van der Waals surface area contributed by atoms with Gasteiger partial charge >= 0.3 is 0 Å². The molecule has 22 heavy (non-hydrogen) atoms. The van der Waals surface area contributed by atoms with Crippen molar-refractivity contribution in [3.05, 3.63) is 6.07 Å². The molecule has 2 aromatic rings. The molecule has 0 spiro atoms. The average Bonchev–Trinajstić information content (AvgIpc) is 3.00. The molecule has 0 aliphatic carbocycles. The molecule has 1 amide bonds. The second-order valence-corrected chi connectivity index (χ2v) is 5.94. The molecular formula is C11H14N6O3S2. The molecule has 118 valence electrons. The van der Waals surface area contributed by atoms with Crippen molar-refractivity contribution >= 4 is 40.1 Å². The number of ether oxygens (including phenoxy) is 2. The second kappa shape index (κ2) is 7.75. The highest BCUT2D eigenvalue weighted by molar-refractivity contribution is 8.01. The largest absolute Gasteiger partial charge is 0.481 e. The number of anilines is 2. The standard InChI is InChI=1S/C11H14N6O3S2/c1-12-10-16-17-11(22-10)21-5-6(18)13-9-14-7(19-2)4-8(15-9)20-3/h4H,5H2,1-3H3,(H,12,16)(H,13,14,15,18). The molecule has 11 heteroatoms. The Morgan fingerprint density at radius 1 is 1.27 bits per heavy atom. The third-order valence-corrected chi connectivity index (χ3v) is 4.37. The Balaban J connectivity index is 1.93. The van der Waals surface area contributed by atoms with Crippen molar-refractivity contribution in [3.63, 3.8) is 0 Å². The Labute approximate surface area is 134 Å². The fraction of sp³-hybridized carbons (Fsp3) is 0.364. The SMILES string of the molecule is CNc1nnc(SCC(=O)Nc2nc(OC)cc(OC)n2)s1. The van der Waals surface area contributed by atoms with Crippen LogP contribution in [0, 0.1) is 0 Å². The van der Waals surface area contributed by atoms with E-state index in [9.17, 15) is 4.79 Å². The topological polar surface area (TPSA) is 111 Å². The van der Waals surface area contributed by atoms with Crippen molar-refractivity contribution in [2.24, 2.45) is 0 Å². The molecule has 0 fully saturated rings. The van der Waals surface area contributed by atoms with E-state index in [2.05, 4.69) is 30.8 Å². The first-order chi connectivity index (χ1) is 10.6. The number of carbonyl (C=O) groups is 1. The maximum absolute atomic E-state index is 11.9. The van der Waals surface area contributed by atoms with E-state index in [0.29, 0.717) is 21.2 Å². The number of methoxy groups -OCH3 is 2. The van der Waals surface area contributed by atoms with E-state index >= 15 is 0 Å². The molecule has 0 radical (unpaired) electrons. The molecule has 0 saturated carbocycles. The number of hydrogen-bond donors (Lipinski definition) is 2. The number of carbonyl (C=O) groups excluding carboxylic acids is 1. The molecule has 0 bridgehead atoms. The summed E-state index contributed by atoms with van der Waals surface area (Å²) in [5, 5.41) is 14.0. The Morgan fingerprint density at radius 2 is 1.95 bits per heavy atom. The van der Waals surface area contributed by atoms with E-state index in [1.165, 1.54) is 43.4 Å². The minimum absolute atomic E-state index is 0.120. The predicted molar refractivity (Wildman–Crippen MR) is 83.9 cm³/mol. The van der Waals surface area contributed by atoms with Crippen molar-refractivity contribution in [1.29, 1.82) is 0 Å². The molecule has 0 aromatic carbocycles. The summed E-state index contributed by atoms with van der Waals surface area (Å²) in [4.78, 5) is 20.0. The number of thioether (sulfide) groups is 1. The Kier molecular flexibility index (Phi) is 5.72. The molecule has 0 atom stereocenters. The first kappa shape index (κ1) is 16.2. The van der Waals surface area contributed by atoms with Crippen molar-refractivity contribution < 1.29 is 14.3 Å². The van der Waals surface area contributed by atoms with Gasteiger partial charge in [-0.05, 0) is 0 Å². The lowest BCUT2D eigenvalue weighted by Crippen LogP contribution is -2.16. The van der Waals surface area contributed by atoms with Gasteiger partial charge in [0.05, 0.1) is 26.0 Å². The lowest BCUT2D eigenvalue weighted by Gasteiger charge is -2.07. The fourth-order valence-electron chi connectivity index (χ4n) is 1.33. The minimum Gasteiger partial charge on any atom is -0.481 e. The maximum Gasteiger partial charge on any atom is 0.237 e. The highest BCUT2D eigenvalue weighted by atomic mass is 32.2. The summed E-state index contributed by atoms with van der Waals surface area (Å²) in [6.07, 6.45) is 0. The molecule has 2 aromatic heterocycles. The number of aromatic nitrogens is 4. The summed E-state index contributed by atoms with van der Waals surface area (Å²) in [5.74, 6) is 0.632. The van der Waals surface area contributed by atoms with E-state index in [4.69, 9.17) is 9.47 Å². The third-order valence-electron chi connectivity index (χ3n) is 2.30. The van der Waals surface area contributed by atoms with Crippen molar-refractivity contribution in [1.82, 2.24) is 20.2 Å². The van der Waals surface area contributed by atoms with Gasteiger partial charge in [0, 0.05) is 7.05 Å². The number of nitrogens with zero attached hydrogens (tertiary/aromatic N) is 4. The first-order valence-corrected chi connectivity index (χ1v) is 7.85. The zero-order valence-corrected chi connectivity index (χ0v) is 13.7. The summed E-state index contributed by atoms with van der Waals surface area (Å²) in [6.45, 7) is 0. The summed E-state index contributed by atoms with van der Waals surface area (Å²) in [6, 6.07) is 1.52. The number of rotatable bonds is 7. The van der Waals surface area contributed by atoms with Gasteiger partial charge in [0.1, 0.15) is 0 Å². The van der Waals surface area contributed by atoms with Crippen LogP contribution in [0.2, 0.25) is 0 Å². The number of hydrogen-bond acceptors (Lipinski definition) is 10. The van der Waals surface area contributed by atoms with Gasteiger partial charge < -0.3 is 14.8 Å². The van der Waals surface area contributed by atoms with Crippen LogP contribution in [0.5, 0.6) is 11.8 Å². The molecule has 2 heterocycles. The van der Waals surface area contributed by atoms with Crippen LogP contribution in [0.3, 0.4) is 0 Å². The average molecular weight is 342 g/mol. The normalized spacial score (nSPS) is 10.1. The lowest BCUT2D eigenvalue weighted by molar-refractivity contribution is -0.113. The van der Waals surface area contributed by atoms with Crippen molar-refractivity contribution in [2.45, 2.75) is 4.34 Å². The minimum atomic E-state index is -0.262. The van der Waals surface area contributed by atoms with Gasteiger partial charge in [-0.15, -0.1) is 10.2 Å². The van der Waals surface area contributed by atoms with Gasteiger partial charge in [-0.2, -0.15) is 9.97 Å². The van der Waals surface area contributed by atoms with Crippen LogP contribution >= 0.6 is 23.1 Å². The van der Waals surface area contributed by atoms with Crippen molar-refractivity contribution in [2.75, 3.05) is 37.7 Å². The van der Waals surface area contributed by atoms with Crippen LogP contribution < -0.4 is 20.1 Å². The lowest BCUT2D eigenvalue weighted by atomic mass is 10.6. The third kappa shape index (κ3) is 4.43. The second-order valence-electron chi connectivity index (χ2n) is 3.74. The molecular weight excluding hydrogens is 328 g/mol. The van der Waals surface area contributed by atoms with E-state index < -0.39 is 0 Å². The van der Waals surface area contributed by atoms with E-state index in [1.807, 2.05) is 0 Å². The monoisotopic (exact) mass is 342 g/mol. The molecule has 0 aliphatic rings. The summed E-state index contributed by atoms with van der Waals surface area (Å²) >= 11 is 2.65. The van der Waals surface area contributed by atoms with Gasteiger partial charge in [-0.1, -0.05) is 23.1 Å². The summed E-state index contributed by atoms with van der Waals surface area (Å²) < 4.78 is 10.7. The molecule has 9 nitrogen and oxygen atoms in total. The van der Waals surface area contributed by atoms with Gasteiger partial charge in [-0.25, -0.2) is 0 Å². The zero-order valence-electron chi connectivity index (χ0n) is 12.1. The van der Waals surface area contributed by atoms with Gasteiger partial charge in [0.15, 0.2) is 4.34 Å². The van der Waals surface area contributed by atoms with Gasteiger partial charge in [0.25, 0.3) is 0 Å². The van der Waals surface area contributed by atoms with Gasteiger partial charge in [-0.3, -0.25) is 10.1 Å². The van der Waals surface area contributed by atoms with Crippen LogP contribution in [0.1, 0.15) is 0 Å². The Morgan fingerprint density at radius 3 is 2.50 bits per heavy atom. The molecule has 0 saturated heterocycles. The first-order valence-electron chi connectivity index (χ1n) is 6.05. The van der Waals surface area contributed by atoms with Crippen molar-refractivity contribution in [3.8, 4) is 11.8 Å². The highest BCUT2D eigenvalue weighted by Crippen LogP contribution is 2.25. The van der Waals surface area contributed by atoms with E-state index in [0.717, 1.165) is 0 Å². The summed E-state index contributed by atoms with van der Waals surface area (Å²) in [7, 11) is 4.70. The van der Waals surface area contributed by atoms with Crippen LogP contribution in [0.15, 0.2) is 10.4 Å². The quantitative estimate of drug-likeness (QED) is 0.715. The fourth-order valence-corrected chi connectivity index (χ4v) is 2.83. The van der Waals surface area contributed by atoms with Crippen LogP contribution in [0.25, 0.3) is 0 Å². The molecule has 0 unspecified atom stereocenters. The van der Waals surface area contributed by atoms with E-state index in [-0.39, 0.29) is 17.6 Å². The smallest absolute Gasteiger partial charge is 0.237 e. The highest BCUT2D eigenvalue weighted by Gasteiger charge is 2.11. The predicted octanol–water partition coefficient (Wildman–Crippen LogP) is 1.12. The molecule has 2 rings (SSSR count). The molecule has 0 aliphatic heterocycles.